The second-order valence-corrected chi connectivity index (χ2v) is 7.61. The molecular weight excluding hydrogens is 418 g/mol. The van der Waals surface area contributed by atoms with Gasteiger partial charge in [-0.25, -0.2) is 9.59 Å². The lowest BCUT2D eigenvalue weighted by Gasteiger charge is -2.35. The second kappa shape index (κ2) is 9.12. The smallest absolute Gasteiger partial charge is 0.341 e. The maximum absolute atomic E-state index is 14.1. The minimum absolute atomic E-state index is 0.175. The molecule has 0 bridgehead atoms. The maximum atomic E-state index is 14.1. The van der Waals surface area contributed by atoms with E-state index in [1.165, 1.54) is 14.2 Å². The number of hydrogen-bond donors (Lipinski definition) is 1. The van der Waals surface area contributed by atoms with Gasteiger partial charge in [-0.2, -0.15) is 0 Å². The van der Waals surface area contributed by atoms with Gasteiger partial charge in [0.1, 0.15) is 5.57 Å². The van der Waals surface area contributed by atoms with E-state index in [0.29, 0.717) is 22.4 Å². The van der Waals surface area contributed by atoms with Gasteiger partial charge in [-0.1, -0.05) is 78.9 Å². The minimum atomic E-state index is -1.91. The topological polar surface area (TPSA) is 81.7 Å². The van der Waals surface area contributed by atoms with Crippen molar-refractivity contribution >= 4 is 29.0 Å². The third-order valence-corrected chi connectivity index (χ3v) is 5.81. The molecule has 6 heteroatoms. The van der Waals surface area contributed by atoms with E-state index in [4.69, 9.17) is 9.47 Å². The molecule has 166 valence electrons. The predicted molar refractivity (Wildman–Crippen MR) is 124 cm³/mol. The van der Waals surface area contributed by atoms with E-state index in [0.717, 1.165) is 0 Å². The summed E-state index contributed by atoms with van der Waals surface area (Å²) in [5.74, 6) is -3.15. The van der Waals surface area contributed by atoms with Crippen molar-refractivity contribution in [3.05, 3.63) is 108 Å². The molecule has 0 heterocycles. The van der Waals surface area contributed by atoms with Crippen LogP contribution in [0.1, 0.15) is 17.0 Å². The molecule has 0 saturated carbocycles. The van der Waals surface area contributed by atoms with Gasteiger partial charge in [-0.05, 0) is 28.8 Å². The van der Waals surface area contributed by atoms with E-state index >= 15 is 0 Å². The number of ketones is 1. The zero-order chi connectivity index (χ0) is 23.4. The number of nitrogens with one attached hydrogen (secondary N) is 1. The molecule has 0 aliphatic heterocycles. The number of ether oxygens (including phenoxy) is 2. The number of carbonyl (C=O) groups is 3. The summed E-state index contributed by atoms with van der Waals surface area (Å²) in [6.07, 6.45) is 0. The fraction of sp³-hybridized carbons (Fsp3) is 0.148. The molecule has 0 fully saturated rings. The number of esters is 2. The Morgan fingerprint density at radius 1 is 0.788 bits per heavy atom. The van der Waals surface area contributed by atoms with E-state index < -0.39 is 29.2 Å². The van der Waals surface area contributed by atoms with Crippen molar-refractivity contribution in [2.75, 3.05) is 19.5 Å². The van der Waals surface area contributed by atoms with Crippen LogP contribution in [0, 0.1) is 0 Å². The molecule has 0 radical (unpaired) electrons. The van der Waals surface area contributed by atoms with Gasteiger partial charge in [-0.3, -0.25) is 4.79 Å². The number of benzene rings is 3. The third-order valence-electron chi connectivity index (χ3n) is 5.81. The van der Waals surface area contributed by atoms with Crippen molar-refractivity contribution in [1.29, 1.82) is 0 Å². The standard InChI is InChI=1S/C27H23NO5/c1-32-25(30)22-21(18-12-6-3-7-13-18)23(19-14-8-4-9-15-19)27(24(22)29,26(31)33-2)28-20-16-10-5-11-17-20/h3-17,23,28H,1-2H3/t23-,27-/m0/s1. The van der Waals surface area contributed by atoms with E-state index in [1.54, 1.807) is 36.4 Å². The van der Waals surface area contributed by atoms with Crippen LogP contribution in [0.4, 0.5) is 5.69 Å². The Labute approximate surface area is 191 Å². The van der Waals surface area contributed by atoms with Crippen LogP contribution >= 0.6 is 0 Å². The number of anilines is 1. The molecule has 1 aliphatic carbocycles. The molecular formula is C27H23NO5. The molecule has 0 spiro atoms. The molecule has 4 rings (SSSR count). The SMILES string of the molecule is COC(=O)C1=C(c2ccccc2)[C@H](c2ccccc2)[C@@](Nc2ccccc2)(C(=O)OC)C1=O. The highest BCUT2D eigenvalue weighted by atomic mass is 16.5. The lowest BCUT2D eigenvalue weighted by Crippen LogP contribution is -2.56. The van der Waals surface area contributed by atoms with Gasteiger partial charge in [0, 0.05) is 5.69 Å². The molecule has 0 unspecified atom stereocenters. The van der Waals surface area contributed by atoms with E-state index in [-0.39, 0.29) is 5.57 Å². The van der Waals surface area contributed by atoms with Crippen molar-refractivity contribution in [3.8, 4) is 0 Å². The zero-order valence-corrected chi connectivity index (χ0v) is 18.3. The number of carbonyl (C=O) groups excluding carboxylic acids is 3. The molecule has 3 aromatic carbocycles. The van der Waals surface area contributed by atoms with Crippen molar-refractivity contribution in [1.82, 2.24) is 0 Å². The monoisotopic (exact) mass is 441 g/mol. The average molecular weight is 441 g/mol. The zero-order valence-electron chi connectivity index (χ0n) is 18.3. The first kappa shape index (κ1) is 22.0. The summed E-state index contributed by atoms with van der Waals surface area (Å²) in [5, 5.41) is 3.14. The molecule has 1 N–H and O–H groups in total. The Morgan fingerprint density at radius 2 is 1.33 bits per heavy atom. The summed E-state index contributed by atoms with van der Waals surface area (Å²) >= 11 is 0. The normalized spacial score (nSPS) is 19.8. The summed E-state index contributed by atoms with van der Waals surface area (Å²) in [6.45, 7) is 0. The molecule has 3 aromatic rings. The first-order chi connectivity index (χ1) is 16.0. The van der Waals surface area contributed by atoms with Gasteiger partial charge in [0.25, 0.3) is 0 Å². The van der Waals surface area contributed by atoms with Crippen molar-refractivity contribution in [2.24, 2.45) is 0 Å². The van der Waals surface area contributed by atoms with Gasteiger partial charge in [0.15, 0.2) is 0 Å². The van der Waals surface area contributed by atoms with Crippen LogP contribution in [0.25, 0.3) is 5.57 Å². The summed E-state index contributed by atoms with van der Waals surface area (Å²) in [4.78, 5) is 40.5. The molecule has 0 saturated heterocycles. The van der Waals surface area contributed by atoms with E-state index in [9.17, 15) is 14.4 Å². The Hall–Kier alpha value is -4.19. The van der Waals surface area contributed by atoms with E-state index in [2.05, 4.69) is 5.32 Å². The first-order valence-electron chi connectivity index (χ1n) is 10.4. The maximum Gasteiger partial charge on any atom is 0.341 e. The Bertz CT molecular complexity index is 1210. The largest absolute Gasteiger partial charge is 0.467 e. The average Bonchev–Trinajstić information content (AvgIpc) is 3.13. The number of Topliss-reactive ketones (excluding diaryl/α,β-unsaturated/α-hetero) is 1. The highest BCUT2D eigenvalue weighted by Gasteiger charge is 2.63. The minimum Gasteiger partial charge on any atom is -0.467 e. The Morgan fingerprint density at radius 3 is 1.88 bits per heavy atom. The predicted octanol–water partition coefficient (Wildman–Crippen LogP) is 4.00. The lowest BCUT2D eigenvalue weighted by molar-refractivity contribution is -0.149. The number of para-hydroxylation sites is 1. The molecule has 0 aromatic heterocycles. The second-order valence-electron chi connectivity index (χ2n) is 7.61. The molecule has 1 aliphatic rings. The van der Waals surface area contributed by atoms with Gasteiger partial charge in [-0.15, -0.1) is 0 Å². The van der Waals surface area contributed by atoms with Crippen LogP contribution in [0.15, 0.2) is 96.6 Å². The Kier molecular flexibility index (Phi) is 6.09. The highest BCUT2D eigenvalue weighted by Crippen LogP contribution is 2.51. The van der Waals surface area contributed by atoms with Gasteiger partial charge < -0.3 is 14.8 Å². The Balaban J connectivity index is 2.06. The number of hydrogen-bond acceptors (Lipinski definition) is 6. The molecule has 6 nitrogen and oxygen atoms in total. The van der Waals surface area contributed by atoms with Gasteiger partial charge in [0.2, 0.25) is 11.3 Å². The summed E-state index contributed by atoms with van der Waals surface area (Å²) in [5.41, 5.74) is 0.180. The lowest BCUT2D eigenvalue weighted by atomic mass is 9.76. The van der Waals surface area contributed by atoms with Gasteiger partial charge >= 0.3 is 11.9 Å². The third kappa shape index (κ3) is 3.69. The van der Waals surface area contributed by atoms with Crippen molar-refractivity contribution in [2.45, 2.75) is 11.5 Å². The molecule has 33 heavy (non-hydrogen) atoms. The van der Waals surface area contributed by atoms with Crippen LogP contribution in [0.3, 0.4) is 0 Å². The number of methoxy groups -OCH3 is 2. The molecule has 0 amide bonds. The highest BCUT2D eigenvalue weighted by molar-refractivity contribution is 6.37. The summed E-state index contributed by atoms with van der Waals surface area (Å²) < 4.78 is 10.2. The van der Waals surface area contributed by atoms with Gasteiger partial charge in [0.05, 0.1) is 20.1 Å². The summed E-state index contributed by atoms with van der Waals surface area (Å²) in [6, 6.07) is 27.1. The van der Waals surface area contributed by atoms with Crippen LogP contribution < -0.4 is 5.32 Å². The molecule has 2 atom stereocenters. The number of rotatable bonds is 6. The quantitative estimate of drug-likeness (QED) is 0.354. The van der Waals surface area contributed by atoms with Crippen LogP contribution in [0.2, 0.25) is 0 Å². The fourth-order valence-corrected chi connectivity index (χ4v) is 4.41. The van der Waals surface area contributed by atoms with Crippen LogP contribution in [-0.2, 0) is 23.9 Å². The van der Waals surface area contributed by atoms with Crippen molar-refractivity contribution in [3.63, 3.8) is 0 Å². The fourth-order valence-electron chi connectivity index (χ4n) is 4.41. The first-order valence-corrected chi connectivity index (χ1v) is 10.4. The van der Waals surface area contributed by atoms with E-state index in [1.807, 2.05) is 54.6 Å². The van der Waals surface area contributed by atoms with Crippen LogP contribution in [0.5, 0.6) is 0 Å². The van der Waals surface area contributed by atoms with Crippen LogP contribution in [-0.4, -0.2) is 37.5 Å². The van der Waals surface area contributed by atoms with Crippen molar-refractivity contribution < 1.29 is 23.9 Å². The summed E-state index contributed by atoms with van der Waals surface area (Å²) in [7, 11) is 2.44.